The van der Waals surface area contributed by atoms with Gasteiger partial charge in [0, 0.05) is 23.1 Å². The maximum atomic E-state index is 13.9. The van der Waals surface area contributed by atoms with E-state index in [2.05, 4.69) is 26.2 Å². The first-order valence-corrected chi connectivity index (χ1v) is 14.1. The molecule has 2 N–H and O–H groups in total. The van der Waals surface area contributed by atoms with Crippen LogP contribution in [0.2, 0.25) is 0 Å². The highest BCUT2D eigenvalue weighted by atomic mass is 79.9. The summed E-state index contributed by atoms with van der Waals surface area (Å²) in [6.45, 7) is 2.58. The summed E-state index contributed by atoms with van der Waals surface area (Å²) in [5.41, 5.74) is -3.59. The molecule has 1 saturated carbocycles. The quantitative estimate of drug-likeness (QED) is 0.262. The highest BCUT2D eigenvalue weighted by Crippen LogP contribution is 2.41. The Morgan fingerprint density at radius 1 is 0.905 bits per heavy atom. The normalized spacial score (nSPS) is 18.1. The number of aliphatic hydroxyl groups excluding tert-OH is 1. The Morgan fingerprint density at radius 3 is 2.00 bits per heavy atom. The number of rotatable bonds is 6. The predicted molar refractivity (Wildman–Crippen MR) is 152 cm³/mol. The number of halogens is 7. The second kappa shape index (κ2) is 11.9. The lowest BCUT2D eigenvalue weighted by Crippen LogP contribution is -2.42. The topological polar surface area (TPSA) is 65.5 Å². The van der Waals surface area contributed by atoms with Gasteiger partial charge < -0.3 is 15.3 Å². The summed E-state index contributed by atoms with van der Waals surface area (Å²) in [5.74, 6) is -0.203. The largest absolute Gasteiger partial charge is 0.416 e. The van der Waals surface area contributed by atoms with Gasteiger partial charge in [-0.25, -0.2) is 4.98 Å². The number of hydrogen-bond acceptors (Lipinski definition) is 4. The van der Waals surface area contributed by atoms with Crippen molar-refractivity contribution in [3.63, 3.8) is 0 Å². The van der Waals surface area contributed by atoms with Crippen LogP contribution in [0.3, 0.4) is 0 Å². The first kappa shape index (κ1) is 31.8. The molecule has 1 fully saturated rings. The van der Waals surface area contributed by atoms with Crippen molar-refractivity contribution in [2.45, 2.75) is 69.4 Å². The van der Waals surface area contributed by atoms with Crippen molar-refractivity contribution in [2.24, 2.45) is 0 Å². The molecule has 42 heavy (non-hydrogen) atoms. The smallest absolute Gasteiger partial charge is 0.393 e. The van der Waals surface area contributed by atoms with Gasteiger partial charge in [-0.15, -0.1) is 0 Å². The molecule has 0 bridgehead atoms. The van der Waals surface area contributed by atoms with Gasteiger partial charge in [0.1, 0.15) is 5.82 Å². The van der Waals surface area contributed by atoms with E-state index in [1.54, 1.807) is 12.1 Å². The predicted octanol–water partition coefficient (Wildman–Crippen LogP) is 8.20. The van der Waals surface area contributed by atoms with Crippen LogP contribution in [-0.2, 0) is 22.6 Å². The van der Waals surface area contributed by atoms with Crippen molar-refractivity contribution < 1.29 is 36.2 Å². The summed E-state index contributed by atoms with van der Waals surface area (Å²) in [6, 6.07) is 10.3. The lowest BCUT2D eigenvalue weighted by Gasteiger charge is -2.32. The third-order valence-electron chi connectivity index (χ3n) is 7.61. The fraction of sp³-hybridized carbons (Fsp3) is 0.400. The van der Waals surface area contributed by atoms with Crippen LogP contribution in [-0.4, -0.2) is 35.2 Å². The van der Waals surface area contributed by atoms with Gasteiger partial charge in [-0.1, -0.05) is 34.1 Å². The molecule has 1 aliphatic rings. The van der Waals surface area contributed by atoms with Crippen LogP contribution in [0, 0.1) is 0 Å². The van der Waals surface area contributed by atoms with Crippen LogP contribution >= 0.6 is 15.9 Å². The van der Waals surface area contributed by atoms with Crippen LogP contribution in [0.4, 0.5) is 37.8 Å². The Morgan fingerprint density at radius 2 is 1.45 bits per heavy atom. The summed E-state index contributed by atoms with van der Waals surface area (Å²) in [4.78, 5) is 19.6. The third kappa shape index (κ3) is 6.91. The van der Waals surface area contributed by atoms with Crippen molar-refractivity contribution in [2.75, 3.05) is 17.3 Å². The minimum Gasteiger partial charge on any atom is -0.393 e. The summed E-state index contributed by atoms with van der Waals surface area (Å²) in [6.07, 6.45) is -6.16. The summed E-state index contributed by atoms with van der Waals surface area (Å²) in [5, 5.41) is 13.2. The minimum absolute atomic E-state index is 0.0431. The number of hydrogen-bond donors (Lipinski definition) is 2. The Bertz CT molecular complexity index is 1420. The standard InChI is InChI=1S/C30H30BrF6N3O2/c1-28(2,17-12-18(29(32,33)34)14-19(13-17)30(35,36)37)27(42)40(3)25-16-38-26(39-20-8-10-21(41)11-9-20)15-23(25)22-6-4-5-7-24(22)31/h4-7,12-16,20-21,41H,8-11H2,1-3H3,(H,38,39). The van der Waals surface area contributed by atoms with Gasteiger partial charge in [-0.05, 0) is 81.0 Å². The number of anilines is 2. The molecule has 3 aromatic rings. The maximum absolute atomic E-state index is 13.9. The number of aromatic nitrogens is 1. The maximum Gasteiger partial charge on any atom is 0.416 e. The highest BCUT2D eigenvalue weighted by molar-refractivity contribution is 9.10. The molecule has 226 valence electrons. The van der Waals surface area contributed by atoms with Gasteiger partial charge in [-0.3, -0.25) is 4.79 Å². The Labute approximate surface area is 248 Å². The van der Waals surface area contributed by atoms with Crippen molar-refractivity contribution >= 4 is 33.3 Å². The van der Waals surface area contributed by atoms with E-state index in [0.717, 1.165) is 12.8 Å². The van der Waals surface area contributed by atoms with Gasteiger partial charge in [-0.2, -0.15) is 26.3 Å². The number of carbonyl (C=O) groups is 1. The highest BCUT2D eigenvalue weighted by Gasteiger charge is 2.41. The van der Waals surface area contributed by atoms with Gasteiger partial charge in [0.15, 0.2) is 0 Å². The van der Waals surface area contributed by atoms with Gasteiger partial charge in [0.2, 0.25) is 5.91 Å². The number of benzene rings is 2. The molecule has 0 radical (unpaired) electrons. The molecule has 1 aliphatic carbocycles. The molecule has 0 spiro atoms. The van der Waals surface area contributed by atoms with Gasteiger partial charge in [0.05, 0.1) is 34.5 Å². The SMILES string of the molecule is CN(C(=O)C(C)(C)c1cc(C(F)(F)F)cc(C(F)(F)F)c1)c1cnc(NC2CCC(O)CC2)cc1-c1ccccc1Br. The average molecular weight is 658 g/mol. The monoisotopic (exact) mass is 657 g/mol. The van der Waals surface area contributed by atoms with E-state index in [1.165, 1.54) is 32.0 Å². The molecular formula is C30H30BrF6N3O2. The average Bonchev–Trinajstić information content (AvgIpc) is 2.92. The number of likely N-dealkylation sites (N-methyl/N-ethyl adjacent to an activating group) is 1. The van der Waals surface area contributed by atoms with Gasteiger partial charge in [0.25, 0.3) is 0 Å². The first-order valence-electron chi connectivity index (χ1n) is 13.3. The van der Waals surface area contributed by atoms with Crippen LogP contribution < -0.4 is 10.2 Å². The van der Waals surface area contributed by atoms with Crippen molar-refractivity contribution in [3.8, 4) is 11.1 Å². The zero-order valence-electron chi connectivity index (χ0n) is 23.1. The van der Waals surface area contributed by atoms with Crippen LogP contribution in [0.5, 0.6) is 0 Å². The Kier molecular flexibility index (Phi) is 8.99. The molecule has 12 heteroatoms. The van der Waals surface area contributed by atoms with Crippen molar-refractivity contribution in [1.82, 2.24) is 4.98 Å². The van der Waals surface area contributed by atoms with Crippen LogP contribution in [0.25, 0.3) is 11.1 Å². The fourth-order valence-electron chi connectivity index (χ4n) is 5.09. The first-order chi connectivity index (χ1) is 19.5. The molecule has 0 aliphatic heterocycles. The molecule has 0 saturated heterocycles. The number of carbonyl (C=O) groups excluding carboxylic acids is 1. The molecular weight excluding hydrogens is 628 g/mol. The molecule has 1 amide bonds. The summed E-state index contributed by atoms with van der Waals surface area (Å²) in [7, 11) is 1.41. The molecule has 1 aromatic heterocycles. The Hall–Kier alpha value is -3.12. The molecule has 0 unspecified atom stereocenters. The van der Waals surface area contributed by atoms with E-state index in [-0.39, 0.29) is 18.2 Å². The van der Waals surface area contributed by atoms with Crippen LogP contribution in [0.1, 0.15) is 56.2 Å². The van der Waals surface area contributed by atoms with Crippen molar-refractivity contribution in [3.05, 3.63) is 75.9 Å². The number of nitrogens with zero attached hydrogens (tertiary/aromatic N) is 2. The number of pyridine rings is 1. The molecule has 1 heterocycles. The van der Waals surface area contributed by atoms with E-state index < -0.39 is 40.4 Å². The van der Waals surface area contributed by atoms with Crippen molar-refractivity contribution in [1.29, 1.82) is 0 Å². The second-order valence-electron chi connectivity index (χ2n) is 11.0. The van der Waals surface area contributed by atoms with Crippen LogP contribution in [0.15, 0.2) is 59.2 Å². The molecule has 0 atom stereocenters. The van der Waals surface area contributed by atoms with E-state index in [0.29, 0.717) is 52.1 Å². The third-order valence-corrected chi connectivity index (χ3v) is 8.30. The second-order valence-corrected chi connectivity index (χ2v) is 11.9. The van der Waals surface area contributed by atoms with E-state index in [9.17, 15) is 36.2 Å². The number of alkyl halides is 6. The fourth-order valence-corrected chi connectivity index (χ4v) is 5.59. The molecule has 2 aromatic carbocycles. The minimum atomic E-state index is -5.04. The van der Waals surface area contributed by atoms with E-state index in [4.69, 9.17) is 0 Å². The van der Waals surface area contributed by atoms with E-state index in [1.807, 2.05) is 18.2 Å². The Balaban J connectivity index is 1.75. The number of amides is 1. The zero-order chi connectivity index (χ0) is 31.0. The summed E-state index contributed by atoms with van der Waals surface area (Å²) >= 11 is 3.53. The lowest BCUT2D eigenvalue weighted by molar-refractivity contribution is -0.143. The van der Waals surface area contributed by atoms with Gasteiger partial charge >= 0.3 is 12.4 Å². The van der Waals surface area contributed by atoms with E-state index >= 15 is 0 Å². The molecule has 4 rings (SSSR count). The lowest BCUT2D eigenvalue weighted by atomic mass is 9.81. The zero-order valence-corrected chi connectivity index (χ0v) is 24.7. The molecule has 5 nitrogen and oxygen atoms in total. The number of nitrogens with one attached hydrogen (secondary N) is 1. The number of aliphatic hydroxyl groups is 1. The summed E-state index contributed by atoms with van der Waals surface area (Å²) < 4.78 is 82.1.